The zero-order valence-electron chi connectivity index (χ0n) is 18.2. The molecule has 0 unspecified atom stereocenters. The number of piperazine rings is 1. The van der Waals surface area contributed by atoms with Crippen molar-refractivity contribution in [2.45, 2.75) is 11.4 Å². The van der Waals surface area contributed by atoms with Crippen molar-refractivity contribution in [3.8, 4) is 11.5 Å². The van der Waals surface area contributed by atoms with Gasteiger partial charge in [0.05, 0.1) is 11.4 Å². The molecule has 0 radical (unpaired) electrons. The number of aromatic amines is 1. The van der Waals surface area contributed by atoms with Crippen molar-refractivity contribution in [2.24, 2.45) is 0 Å². The van der Waals surface area contributed by atoms with Crippen LogP contribution < -0.4 is 15.0 Å². The maximum absolute atomic E-state index is 13.2. The number of hydrogen-bond donors (Lipinski definition) is 1. The van der Waals surface area contributed by atoms with Crippen molar-refractivity contribution < 1.29 is 22.3 Å². The van der Waals surface area contributed by atoms with E-state index in [1.165, 1.54) is 10.4 Å². The average Bonchev–Trinajstić information content (AvgIpc) is 3.23. The minimum Gasteiger partial charge on any atom is -0.486 e. The number of sulfonamides is 1. The van der Waals surface area contributed by atoms with Gasteiger partial charge in [-0.3, -0.25) is 9.69 Å². The fourth-order valence-corrected chi connectivity index (χ4v) is 5.83. The number of nitrogens with zero attached hydrogens (tertiary/aromatic N) is 3. The highest BCUT2D eigenvalue weighted by Gasteiger charge is 2.30. The van der Waals surface area contributed by atoms with Crippen molar-refractivity contribution in [1.82, 2.24) is 19.2 Å². The number of hydrogen-bond acceptors (Lipinski definition) is 8. The Morgan fingerprint density at radius 2 is 1.74 bits per heavy atom. The largest absolute Gasteiger partial charge is 0.486 e. The lowest BCUT2D eigenvalue weighted by atomic mass is 10.2. The van der Waals surface area contributed by atoms with Crippen LogP contribution in [0.1, 0.15) is 5.82 Å². The van der Waals surface area contributed by atoms with Gasteiger partial charge in [-0.2, -0.15) is 4.31 Å². The van der Waals surface area contributed by atoms with E-state index in [0.717, 1.165) is 5.39 Å². The lowest BCUT2D eigenvalue weighted by Crippen LogP contribution is -2.48. The van der Waals surface area contributed by atoms with E-state index in [-0.39, 0.29) is 16.0 Å². The molecule has 2 aromatic heterocycles. The summed E-state index contributed by atoms with van der Waals surface area (Å²) >= 11 is 0. The number of fused-ring (bicyclic) bond motifs is 4. The van der Waals surface area contributed by atoms with E-state index in [1.54, 1.807) is 18.2 Å². The van der Waals surface area contributed by atoms with Crippen LogP contribution in [-0.2, 0) is 16.6 Å². The maximum Gasteiger partial charge on any atom is 0.294 e. The second-order valence-corrected chi connectivity index (χ2v) is 10.2. The van der Waals surface area contributed by atoms with Gasteiger partial charge < -0.3 is 18.9 Å². The van der Waals surface area contributed by atoms with Crippen LogP contribution in [0.2, 0.25) is 0 Å². The number of benzene rings is 2. The normalized spacial score (nSPS) is 17.4. The minimum atomic E-state index is -3.66. The number of ether oxygens (including phenoxy) is 2. The smallest absolute Gasteiger partial charge is 0.294 e. The zero-order valence-corrected chi connectivity index (χ0v) is 19.0. The molecule has 6 rings (SSSR count). The van der Waals surface area contributed by atoms with Gasteiger partial charge in [-0.25, -0.2) is 13.4 Å². The summed E-state index contributed by atoms with van der Waals surface area (Å²) in [5.74, 6) is 1.52. The first-order valence-electron chi connectivity index (χ1n) is 11.0. The van der Waals surface area contributed by atoms with Crippen molar-refractivity contribution in [2.75, 3.05) is 39.4 Å². The van der Waals surface area contributed by atoms with E-state index >= 15 is 0 Å². The number of furan rings is 1. The molecule has 0 spiro atoms. The van der Waals surface area contributed by atoms with Gasteiger partial charge in [-0.1, -0.05) is 12.1 Å². The predicted octanol–water partition coefficient (Wildman–Crippen LogP) is 1.95. The summed E-state index contributed by atoms with van der Waals surface area (Å²) in [7, 11) is -3.66. The van der Waals surface area contributed by atoms with Gasteiger partial charge in [0.1, 0.15) is 30.1 Å². The Bertz CT molecular complexity index is 1550. The number of rotatable bonds is 4. The van der Waals surface area contributed by atoms with E-state index in [9.17, 15) is 13.2 Å². The molecule has 176 valence electrons. The van der Waals surface area contributed by atoms with Crippen LogP contribution in [0.5, 0.6) is 11.5 Å². The fraction of sp³-hybridized carbons (Fsp3) is 0.304. The first-order valence-corrected chi connectivity index (χ1v) is 12.5. The van der Waals surface area contributed by atoms with Crippen LogP contribution >= 0.6 is 0 Å². The summed E-state index contributed by atoms with van der Waals surface area (Å²) in [5.41, 5.74) is 1.04. The van der Waals surface area contributed by atoms with Crippen LogP contribution in [0.25, 0.3) is 22.1 Å². The molecule has 34 heavy (non-hydrogen) atoms. The Balaban J connectivity index is 1.18. The standard InChI is InChI=1S/C23H22N4O6S/c28-23-22-21(16-3-1-2-4-17(16)33-22)24-20(25-23)14-26-7-9-27(10-8-26)34(29,30)15-5-6-18-19(13-15)32-12-11-31-18/h1-6,13H,7-12,14H2,(H,24,25,28). The molecule has 11 heteroatoms. The van der Waals surface area contributed by atoms with E-state index in [0.29, 0.717) is 74.4 Å². The van der Waals surface area contributed by atoms with Crippen molar-refractivity contribution in [1.29, 1.82) is 0 Å². The number of para-hydroxylation sites is 1. The predicted molar refractivity (Wildman–Crippen MR) is 124 cm³/mol. The third kappa shape index (κ3) is 3.61. The fourth-order valence-electron chi connectivity index (χ4n) is 4.40. The summed E-state index contributed by atoms with van der Waals surface area (Å²) in [5, 5.41) is 0.792. The minimum absolute atomic E-state index is 0.188. The quantitative estimate of drug-likeness (QED) is 0.469. The average molecular weight is 483 g/mol. The highest BCUT2D eigenvalue weighted by Crippen LogP contribution is 2.33. The van der Waals surface area contributed by atoms with Crippen LogP contribution in [0.3, 0.4) is 0 Å². The Hall–Kier alpha value is -3.41. The summed E-state index contributed by atoms with van der Waals surface area (Å²) in [6.45, 7) is 2.93. The van der Waals surface area contributed by atoms with Gasteiger partial charge in [0.2, 0.25) is 15.6 Å². The van der Waals surface area contributed by atoms with Gasteiger partial charge in [-0.15, -0.1) is 0 Å². The summed E-state index contributed by atoms with van der Waals surface area (Å²) in [6.07, 6.45) is 0. The molecule has 10 nitrogen and oxygen atoms in total. The molecule has 0 saturated carbocycles. The van der Waals surface area contributed by atoms with Crippen LogP contribution in [0, 0.1) is 0 Å². The maximum atomic E-state index is 13.2. The van der Waals surface area contributed by atoms with Crippen molar-refractivity contribution >= 4 is 32.1 Å². The summed E-state index contributed by atoms with van der Waals surface area (Å²) < 4.78 is 44.5. The molecule has 4 aromatic rings. The number of H-pyrrole nitrogens is 1. The lowest BCUT2D eigenvalue weighted by Gasteiger charge is -2.33. The first-order chi connectivity index (χ1) is 16.5. The van der Waals surface area contributed by atoms with Crippen LogP contribution in [-0.4, -0.2) is 67.0 Å². The third-order valence-electron chi connectivity index (χ3n) is 6.14. The highest BCUT2D eigenvalue weighted by atomic mass is 32.2. The molecular weight excluding hydrogens is 460 g/mol. The molecule has 0 aliphatic carbocycles. The molecule has 0 atom stereocenters. The van der Waals surface area contributed by atoms with Gasteiger partial charge in [0.25, 0.3) is 5.56 Å². The lowest BCUT2D eigenvalue weighted by molar-refractivity contribution is 0.170. The SMILES string of the molecule is O=c1[nH]c(CN2CCN(S(=O)(=O)c3ccc4c(c3)OCCO4)CC2)nc2c1oc1ccccc12. The van der Waals surface area contributed by atoms with E-state index in [1.807, 2.05) is 18.2 Å². The second-order valence-electron chi connectivity index (χ2n) is 8.27. The van der Waals surface area contributed by atoms with E-state index in [4.69, 9.17) is 13.9 Å². The molecule has 0 bridgehead atoms. The summed E-state index contributed by atoms with van der Waals surface area (Å²) in [6, 6.07) is 12.1. The monoisotopic (exact) mass is 482 g/mol. The van der Waals surface area contributed by atoms with Crippen molar-refractivity contribution in [3.05, 3.63) is 58.6 Å². The molecule has 1 saturated heterocycles. The van der Waals surface area contributed by atoms with Crippen LogP contribution in [0.15, 0.2) is 56.6 Å². The molecular formula is C23H22N4O6S. The molecule has 0 amide bonds. The van der Waals surface area contributed by atoms with E-state index < -0.39 is 10.0 Å². The van der Waals surface area contributed by atoms with Crippen molar-refractivity contribution in [3.63, 3.8) is 0 Å². The first kappa shape index (κ1) is 21.1. The van der Waals surface area contributed by atoms with Gasteiger partial charge in [-0.05, 0) is 24.3 Å². The second kappa shape index (κ2) is 8.12. The molecule has 2 aliphatic rings. The zero-order chi connectivity index (χ0) is 23.3. The van der Waals surface area contributed by atoms with Crippen LogP contribution in [0.4, 0.5) is 0 Å². The Morgan fingerprint density at radius 1 is 0.971 bits per heavy atom. The Labute approximate surface area is 194 Å². The molecule has 4 heterocycles. The van der Waals surface area contributed by atoms with E-state index in [2.05, 4.69) is 14.9 Å². The molecule has 1 N–H and O–H groups in total. The van der Waals surface area contributed by atoms with Gasteiger partial charge in [0, 0.05) is 37.6 Å². The topological polar surface area (TPSA) is 118 Å². The molecule has 1 fully saturated rings. The number of nitrogens with one attached hydrogen (secondary N) is 1. The Kier molecular flexibility index (Phi) is 5.05. The van der Waals surface area contributed by atoms with Gasteiger partial charge in [0.15, 0.2) is 11.5 Å². The molecule has 2 aromatic carbocycles. The number of aromatic nitrogens is 2. The Morgan fingerprint density at radius 3 is 2.56 bits per heavy atom. The summed E-state index contributed by atoms with van der Waals surface area (Å²) in [4.78, 5) is 22.2. The highest BCUT2D eigenvalue weighted by molar-refractivity contribution is 7.89. The molecule has 2 aliphatic heterocycles. The third-order valence-corrected chi connectivity index (χ3v) is 8.03. The van der Waals surface area contributed by atoms with Gasteiger partial charge >= 0.3 is 0 Å².